The van der Waals surface area contributed by atoms with Crippen LogP contribution in [0.5, 0.6) is 0 Å². The molecule has 2 heterocycles. The Labute approximate surface area is 160 Å². The van der Waals surface area contributed by atoms with E-state index >= 15 is 0 Å². The number of amides is 1. The lowest BCUT2D eigenvalue weighted by atomic mass is 10.0. The van der Waals surface area contributed by atoms with Gasteiger partial charge in [-0.15, -0.1) is 0 Å². The number of rotatable bonds is 6. The van der Waals surface area contributed by atoms with E-state index in [9.17, 15) is 9.18 Å². The largest absolute Gasteiger partial charge is 0.341 e. The minimum atomic E-state index is -0.204. The second-order valence-electron chi connectivity index (χ2n) is 7.65. The van der Waals surface area contributed by atoms with Gasteiger partial charge in [0.15, 0.2) is 0 Å². The third-order valence-corrected chi connectivity index (χ3v) is 5.31. The molecule has 0 aliphatic carbocycles. The summed E-state index contributed by atoms with van der Waals surface area (Å²) >= 11 is 0. The number of halogens is 1. The number of imidazole rings is 1. The minimum absolute atomic E-state index is 0.204. The molecule has 0 spiro atoms. The fourth-order valence-electron chi connectivity index (χ4n) is 3.74. The smallest absolute Gasteiger partial charge is 0.224 e. The topological polar surface area (TPSA) is 41.4 Å². The number of aryl methyl sites for hydroxylation is 1. The predicted molar refractivity (Wildman–Crippen MR) is 103 cm³/mol. The van der Waals surface area contributed by atoms with Gasteiger partial charge < -0.3 is 9.47 Å². The first-order valence-corrected chi connectivity index (χ1v) is 9.75. The molecule has 0 unspecified atom stereocenters. The molecule has 1 amide bonds. The first kappa shape index (κ1) is 19.5. The van der Waals surface area contributed by atoms with E-state index in [4.69, 9.17) is 0 Å². The summed E-state index contributed by atoms with van der Waals surface area (Å²) in [6, 6.07) is 7.04. The van der Waals surface area contributed by atoms with Crippen molar-refractivity contribution in [2.24, 2.45) is 5.92 Å². The zero-order valence-corrected chi connectivity index (χ0v) is 16.2. The Bertz CT molecular complexity index is 714. The quantitative estimate of drug-likeness (QED) is 0.782. The van der Waals surface area contributed by atoms with Crippen molar-refractivity contribution < 1.29 is 9.18 Å². The summed E-state index contributed by atoms with van der Waals surface area (Å²) in [6.07, 6.45) is 6.83. The van der Waals surface area contributed by atoms with E-state index in [1.54, 1.807) is 12.5 Å². The molecule has 0 radical (unpaired) electrons. The molecular formula is C21H29FN4O. The van der Waals surface area contributed by atoms with Crippen LogP contribution in [-0.4, -0.2) is 50.9 Å². The third kappa shape index (κ3) is 5.39. The van der Waals surface area contributed by atoms with Gasteiger partial charge in [0.2, 0.25) is 5.91 Å². The van der Waals surface area contributed by atoms with Crippen molar-refractivity contribution in [3.63, 3.8) is 0 Å². The van der Waals surface area contributed by atoms with Crippen molar-refractivity contribution in [2.45, 2.75) is 45.8 Å². The lowest BCUT2D eigenvalue weighted by Gasteiger charge is -2.34. The van der Waals surface area contributed by atoms with Crippen LogP contribution in [0, 0.1) is 11.7 Å². The summed E-state index contributed by atoms with van der Waals surface area (Å²) in [7, 11) is 0. The van der Waals surface area contributed by atoms with Crippen LogP contribution < -0.4 is 0 Å². The molecule has 5 nitrogen and oxygen atoms in total. The Morgan fingerprint density at radius 1 is 1.26 bits per heavy atom. The number of hydrogen-bond donors (Lipinski definition) is 0. The van der Waals surface area contributed by atoms with Gasteiger partial charge in [-0.25, -0.2) is 9.37 Å². The van der Waals surface area contributed by atoms with Crippen molar-refractivity contribution in [1.29, 1.82) is 0 Å². The molecule has 2 aromatic rings. The van der Waals surface area contributed by atoms with Crippen LogP contribution >= 0.6 is 0 Å². The van der Waals surface area contributed by atoms with Gasteiger partial charge in [0, 0.05) is 57.6 Å². The maximum Gasteiger partial charge on any atom is 0.224 e. The van der Waals surface area contributed by atoms with Crippen LogP contribution in [0.25, 0.3) is 0 Å². The Hall–Kier alpha value is -2.21. The average Bonchev–Trinajstić information content (AvgIpc) is 3.08. The summed E-state index contributed by atoms with van der Waals surface area (Å²) in [5.41, 5.74) is 1.11. The van der Waals surface area contributed by atoms with Crippen molar-refractivity contribution in [3.8, 4) is 0 Å². The highest BCUT2D eigenvalue weighted by Gasteiger charge is 2.29. The van der Waals surface area contributed by atoms with Crippen LogP contribution in [0.4, 0.5) is 4.39 Å². The molecule has 1 aromatic carbocycles. The van der Waals surface area contributed by atoms with E-state index in [1.807, 2.05) is 27.8 Å². The van der Waals surface area contributed by atoms with E-state index in [-0.39, 0.29) is 11.7 Å². The van der Waals surface area contributed by atoms with Crippen molar-refractivity contribution in [2.75, 3.05) is 19.6 Å². The van der Waals surface area contributed by atoms with Crippen LogP contribution in [-0.2, 0) is 17.9 Å². The first-order valence-electron chi connectivity index (χ1n) is 9.75. The van der Waals surface area contributed by atoms with Gasteiger partial charge in [0.05, 0.1) is 6.33 Å². The fourth-order valence-corrected chi connectivity index (χ4v) is 3.74. The normalized spacial score (nSPS) is 18.7. The molecule has 0 bridgehead atoms. The number of carbonyl (C=O) groups excluding carboxylic acids is 1. The summed E-state index contributed by atoms with van der Waals surface area (Å²) in [6.45, 7) is 8.38. The van der Waals surface area contributed by atoms with Gasteiger partial charge in [-0.3, -0.25) is 9.69 Å². The number of hydrogen-bond acceptors (Lipinski definition) is 3. The molecule has 1 aromatic heterocycles. The standard InChI is InChI=1S/C21H29FN4O/c1-17(2)20-15-26(21(27)8-12-24-13-9-23-16-24)11-3-10-25(20)14-18-4-6-19(22)7-5-18/h4-7,9,13,16-17,20H,3,8,10-12,14-15H2,1-2H3/t20-/m0/s1. The van der Waals surface area contributed by atoms with Gasteiger partial charge in [0.1, 0.15) is 5.82 Å². The zero-order chi connectivity index (χ0) is 19.2. The highest BCUT2D eigenvalue weighted by atomic mass is 19.1. The van der Waals surface area contributed by atoms with E-state index in [0.717, 1.165) is 38.2 Å². The van der Waals surface area contributed by atoms with Gasteiger partial charge in [-0.05, 0) is 30.0 Å². The number of nitrogens with zero attached hydrogens (tertiary/aromatic N) is 4. The van der Waals surface area contributed by atoms with E-state index in [2.05, 4.69) is 23.7 Å². The van der Waals surface area contributed by atoms with Crippen molar-refractivity contribution in [3.05, 3.63) is 54.4 Å². The molecule has 146 valence electrons. The molecule has 27 heavy (non-hydrogen) atoms. The molecule has 6 heteroatoms. The number of carbonyl (C=O) groups is 1. The molecule has 3 rings (SSSR count). The van der Waals surface area contributed by atoms with Crippen LogP contribution in [0.3, 0.4) is 0 Å². The zero-order valence-electron chi connectivity index (χ0n) is 16.2. The maximum absolute atomic E-state index is 13.2. The van der Waals surface area contributed by atoms with Gasteiger partial charge in [0.25, 0.3) is 0 Å². The van der Waals surface area contributed by atoms with Crippen LogP contribution in [0.1, 0.15) is 32.3 Å². The van der Waals surface area contributed by atoms with E-state index < -0.39 is 0 Å². The minimum Gasteiger partial charge on any atom is -0.341 e. The highest BCUT2D eigenvalue weighted by Crippen LogP contribution is 2.20. The van der Waals surface area contributed by atoms with Gasteiger partial charge in [-0.1, -0.05) is 26.0 Å². The maximum atomic E-state index is 13.2. The average molecular weight is 372 g/mol. The molecule has 1 aliphatic heterocycles. The van der Waals surface area contributed by atoms with Crippen molar-refractivity contribution in [1.82, 2.24) is 19.4 Å². The third-order valence-electron chi connectivity index (χ3n) is 5.31. The summed E-state index contributed by atoms with van der Waals surface area (Å²) in [5, 5.41) is 0. The molecule has 0 saturated carbocycles. The Kier molecular flexibility index (Phi) is 6.61. The molecule has 1 fully saturated rings. The van der Waals surface area contributed by atoms with Crippen LogP contribution in [0.15, 0.2) is 43.0 Å². The summed E-state index contributed by atoms with van der Waals surface area (Å²) < 4.78 is 15.1. The summed E-state index contributed by atoms with van der Waals surface area (Å²) in [4.78, 5) is 21.2. The summed E-state index contributed by atoms with van der Waals surface area (Å²) in [5.74, 6) is 0.440. The Morgan fingerprint density at radius 3 is 2.70 bits per heavy atom. The highest BCUT2D eigenvalue weighted by molar-refractivity contribution is 5.76. The molecule has 1 aliphatic rings. The molecular weight excluding hydrogens is 343 g/mol. The van der Waals surface area contributed by atoms with Gasteiger partial charge in [-0.2, -0.15) is 0 Å². The van der Waals surface area contributed by atoms with E-state index in [0.29, 0.717) is 24.9 Å². The number of benzene rings is 1. The predicted octanol–water partition coefficient (Wildman–Crippen LogP) is 3.17. The van der Waals surface area contributed by atoms with Gasteiger partial charge >= 0.3 is 0 Å². The fraction of sp³-hybridized carbons (Fsp3) is 0.524. The first-order chi connectivity index (χ1) is 13.0. The Balaban J connectivity index is 1.63. The molecule has 1 atom stereocenters. The Morgan fingerprint density at radius 2 is 2.04 bits per heavy atom. The lowest BCUT2D eigenvalue weighted by Crippen LogP contribution is -2.45. The second-order valence-corrected chi connectivity index (χ2v) is 7.65. The van der Waals surface area contributed by atoms with E-state index in [1.165, 1.54) is 12.1 Å². The van der Waals surface area contributed by atoms with Crippen LogP contribution in [0.2, 0.25) is 0 Å². The SMILES string of the molecule is CC(C)[C@@H]1CN(C(=O)CCn2ccnc2)CCCN1Cc1ccc(F)cc1. The molecule has 0 N–H and O–H groups in total. The lowest BCUT2D eigenvalue weighted by molar-refractivity contribution is -0.132. The molecule has 1 saturated heterocycles. The monoisotopic (exact) mass is 372 g/mol. The number of aromatic nitrogens is 2. The second kappa shape index (κ2) is 9.13. The van der Waals surface area contributed by atoms with Crippen molar-refractivity contribution >= 4 is 5.91 Å².